The van der Waals surface area contributed by atoms with Crippen molar-refractivity contribution in [2.24, 2.45) is 0 Å². The van der Waals surface area contributed by atoms with Gasteiger partial charge in [0.05, 0.1) is 16.6 Å². The third-order valence-corrected chi connectivity index (χ3v) is 3.84. The van der Waals surface area contributed by atoms with Crippen LogP contribution in [-0.4, -0.2) is 24.2 Å². The largest absolute Gasteiger partial charge is 0.382 e. The van der Waals surface area contributed by atoms with Gasteiger partial charge in [0.2, 0.25) is 0 Å². The number of nitrogens with zero attached hydrogens (tertiary/aromatic N) is 1. The van der Waals surface area contributed by atoms with Crippen molar-refractivity contribution < 1.29 is 18.4 Å². The normalized spacial score (nSPS) is 22.3. The minimum atomic E-state index is -2.86. The highest BCUT2D eigenvalue weighted by Crippen LogP contribution is 2.32. The SMILES string of the molecule is COC1CCC(Nc2ccc([N+](=O)[O-])c(C(F)F)c2)CC1. The molecule has 1 N–H and O–H groups in total. The van der Waals surface area contributed by atoms with Crippen LogP contribution in [0.4, 0.5) is 20.2 Å². The molecule has 0 unspecified atom stereocenters. The molecular weight excluding hydrogens is 282 g/mol. The predicted molar refractivity (Wildman–Crippen MR) is 74.7 cm³/mol. The molecular formula is C14H18F2N2O3. The number of alkyl halides is 2. The number of ether oxygens (including phenoxy) is 1. The highest BCUT2D eigenvalue weighted by atomic mass is 19.3. The van der Waals surface area contributed by atoms with Crippen molar-refractivity contribution in [2.45, 2.75) is 44.3 Å². The van der Waals surface area contributed by atoms with Crippen LogP contribution in [0.1, 0.15) is 37.7 Å². The minimum Gasteiger partial charge on any atom is -0.382 e. The summed E-state index contributed by atoms with van der Waals surface area (Å²) in [4.78, 5) is 9.95. The number of anilines is 1. The van der Waals surface area contributed by atoms with Crippen molar-refractivity contribution >= 4 is 11.4 Å². The zero-order valence-corrected chi connectivity index (χ0v) is 11.7. The lowest BCUT2D eigenvalue weighted by Crippen LogP contribution is -2.29. The van der Waals surface area contributed by atoms with E-state index in [0.717, 1.165) is 31.7 Å². The summed E-state index contributed by atoms with van der Waals surface area (Å²) in [5, 5.41) is 13.9. The lowest BCUT2D eigenvalue weighted by atomic mass is 9.92. The predicted octanol–water partition coefficient (Wildman–Crippen LogP) is 3.90. The molecule has 1 aromatic rings. The lowest BCUT2D eigenvalue weighted by molar-refractivity contribution is -0.386. The quantitative estimate of drug-likeness (QED) is 0.661. The summed E-state index contributed by atoms with van der Waals surface area (Å²) in [7, 11) is 1.68. The van der Waals surface area contributed by atoms with Crippen LogP contribution >= 0.6 is 0 Å². The highest BCUT2D eigenvalue weighted by Gasteiger charge is 2.24. The van der Waals surface area contributed by atoms with Gasteiger partial charge in [-0.15, -0.1) is 0 Å². The van der Waals surface area contributed by atoms with Crippen LogP contribution in [0.2, 0.25) is 0 Å². The number of nitrogens with one attached hydrogen (secondary N) is 1. The first-order valence-corrected chi connectivity index (χ1v) is 6.87. The Balaban J connectivity index is 2.07. The van der Waals surface area contributed by atoms with Crippen molar-refractivity contribution in [3.63, 3.8) is 0 Å². The van der Waals surface area contributed by atoms with Crippen LogP contribution in [0.25, 0.3) is 0 Å². The summed E-state index contributed by atoms with van der Waals surface area (Å²) in [5.74, 6) is 0. The first kappa shape index (κ1) is 15.6. The number of nitro groups is 1. The second kappa shape index (κ2) is 6.80. The Labute approximate surface area is 121 Å². The van der Waals surface area contributed by atoms with E-state index >= 15 is 0 Å². The van der Waals surface area contributed by atoms with E-state index in [1.807, 2.05) is 0 Å². The van der Waals surface area contributed by atoms with E-state index in [9.17, 15) is 18.9 Å². The van der Waals surface area contributed by atoms with E-state index in [4.69, 9.17) is 4.74 Å². The first-order valence-electron chi connectivity index (χ1n) is 6.87. The van der Waals surface area contributed by atoms with Crippen LogP contribution < -0.4 is 5.32 Å². The minimum absolute atomic E-state index is 0.184. The molecule has 0 amide bonds. The Morgan fingerprint density at radius 2 is 2.00 bits per heavy atom. The molecule has 0 atom stereocenters. The molecule has 0 aliphatic heterocycles. The van der Waals surface area contributed by atoms with Crippen LogP contribution in [0.15, 0.2) is 18.2 Å². The van der Waals surface area contributed by atoms with E-state index in [-0.39, 0.29) is 12.1 Å². The molecule has 1 fully saturated rings. The number of rotatable bonds is 5. The van der Waals surface area contributed by atoms with Crippen molar-refractivity contribution in [2.75, 3.05) is 12.4 Å². The average Bonchev–Trinajstić information content (AvgIpc) is 2.47. The van der Waals surface area contributed by atoms with E-state index in [1.165, 1.54) is 12.1 Å². The monoisotopic (exact) mass is 300 g/mol. The van der Waals surface area contributed by atoms with Gasteiger partial charge in [0, 0.05) is 24.9 Å². The molecule has 0 bridgehead atoms. The van der Waals surface area contributed by atoms with Gasteiger partial charge in [-0.25, -0.2) is 8.78 Å². The van der Waals surface area contributed by atoms with Gasteiger partial charge in [0.1, 0.15) is 0 Å². The summed E-state index contributed by atoms with van der Waals surface area (Å²) in [5.41, 5.74) is -0.592. The molecule has 7 heteroatoms. The highest BCUT2D eigenvalue weighted by molar-refractivity contribution is 5.55. The summed E-state index contributed by atoms with van der Waals surface area (Å²) in [6, 6.07) is 3.96. The van der Waals surface area contributed by atoms with Gasteiger partial charge in [-0.3, -0.25) is 10.1 Å². The maximum absolute atomic E-state index is 12.9. The van der Waals surface area contributed by atoms with Crippen molar-refractivity contribution in [3.05, 3.63) is 33.9 Å². The summed E-state index contributed by atoms with van der Waals surface area (Å²) >= 11 is 0. The zero-order valence-electron chi connectivity index (χ0n) is 11.7. The van der Waals surface area contributed by atoms with E-state index < -0.39 is 22.6 Å². The fourth-order valence-electron chi connectivity index (χ4n) is 2.66. The Hall–Kier alpha value is -1.76. The average molecular weight is 300 g/mol. The molecule has 1 aromatic carbocycles. The van der Waals surface area contributed by atoms with Gasteiger partial charge in [0.25, 0.3) is 12.1 Å². The third-order valence-electron chi connectivity index (χ3n) is 3.84. The molecule has 21 heavy (non-hydrogen) atoms. The van der Waals surface area contributed by atoms with Crippen molar-refractivity contribution in [1.82, 2.24) is 0 Å². The molecule has 0 saturated heterocycles. The standard InChI is InChI=1S/C14H18F2N2O3/c1-21-11-5-2-9(3-6-11)17-10-4-7-13(18(19)20)12(8-10)14(15)16/h4,7-9,11,14,17H,2-3,5-6H2,1H3. The second-order valence-electron chi connectivity index (χ2n) is 5.19. The molecule has 2 rings (SSSR count). The Bertz CT molecular complexity index is 503. The van der Waals surface area contributed by atoms with Gasteiger partial charge in [-0.05, 0) is 37.8 Å². The molecule has 1 saturated carbocycles. The molecule has 0 aromatic heterocycles. The summed E-state index contributed by atoms with van der Waals surface area (Å²) in [6.07, 6.45) is 1.01. The lowest BCUT2D eigenvalue weighted by Gasteiger charge is -2.29. The molecule has 0 radical (unpaired) electrons. The van der Waals surface area contributed by atoms with Crippen LogP contribution in [0.5, 0.6) is 0 Å². The smallest absolute Gasteiger partial charge is 0.278 e. The second-order valence-corrected chi connectivity index (χ2v) is 5.19. The van der Waals surface area contributed by atoms with Gasteiger partial charge in [-0.1, -0.05) is 0 Å². The van der Waals surface area contributed by atoms with Gasteiger partial charge >= 0.3 is 0 Å². The Morgan fingerprint density at radius 1 is 1.33 bits per heavy atom. The summed E-state index contributed by atoms with van der Waals surface area (Å²) < 4.78 is 31.1. The number of halogens is 2. The van der Waals surface area contributed by atoms with E-state index in [2.05, 4.69) is 5.32 Å². The van der Waals surface area contributed by atoms with E-state index in [1.54, 1.807) is 7.11 Å². The van der Waals surface area contributed by atoms with Crippen molar-refractivity contribution in [1.29, 1.82) is 0 Å². The fourth-order valence-corrected chi connectivity index (χ4v) is 2.66. The summed E-state index contributed by atoms with van der Waals surface area (Å²) in [6.45, 7) is 0. The number of hydrogen-bond acceptors (Lipinski definition) is 4. The third kappa shape index (κ3) is 3.87. The number of hydrogen-bond donors (Lipinski definition) is 1. The maximum Gasteiger partial charge on any atom is 0.278 e. The molecule has 0 heterocycles. The van der Waals surface area contributed by atoms with Gasteiger partial charge in [-0.2, -0.15) is 0 Å². The number of methoxy groups -OCH3 is 1. The van der Waals surface area contributed by atoms with Gasteiger partial charge in [0.15, 0.2) is 0 Å². The van der Waals surface area contributed by atoms with Crippen LogP contribution in [0.3, 0.4) is 0 Å². The fraction of sp³-hybridized carbons (Fsp3) is 0.571. The Morgan fingerprint density at radius 3 is 2.52 bits per heavy atom. The molecule has 1 aliphatic carbocycles. The first-order chi connectivity index (χ1) is 10.0. The maximum atomic E-state index is 12.9. The Kier molecular flexibility index (Phi) is 5.06. The van der Waals surface area contributed by atoms with Crippen LogP contribution in [0, 0.1) is 10.1 Å². The van der Waals surface area contributed by atoms with E-state index in [0.29, 0.717) is 5.69 Å². The molecule has 1 aliphatic rings. The molecule has 0 spiro atoms. The number of benzene rings is 1. The van der Waals surface area contributed by atoms with Gasteiger partial charge < -0.3 is 10.1 Å². The molecule has 5 nitrogen and oxygen atoms in total. The zero-order chi connectivity index (χ0) is 15.4. The molecule has 116 valence electrons. The number of nitro benzene ring substituents is 1. The topological polar surface area (TPSA) is 64.4 Å². The van der Waals surface area contributed by atoms with Crippen molar-refractivity contribution in [3.8, 4) is 0 Å². The van der Waals surface area contributed by atoms with Crippen LogP contribution in [-0.2, 0) is 4.74 Å².